The average molecular weight is 268 g/mol. The van der Waals surface area contributed by atoms with Gasteiger partial charge in [-0.3, -0.25) is 9.69 Å². The van der Waals surface area contributed by atoms with Crippen LogP contribution in [-0.4, -0.2) is 29.1 Å². The quantitative estimate of drug-likeness (QED) is 0.912. The molecule has 0 aliphatic heterocycles. The number of carboxylic acids is 1. The smallest absolute Gasteiger partial charge is 0.308 e. The van der Waals surface area contributed by atoms with Crippen LogP contribution >= 0.6 is 11.6 Å². The first-order chi connectivity index (χ1) is 8.58. The first-order valence-corrected chi connectivity index (χ1v) is 6.63. The number of rotatable bonds is 4. The third-order valence-electron chi connectivity index (χ3n) is 3.71. The minimum absolute atomic E-state index is 0.151. The largest absolute Gasteiger partial charge is 0.481 e. The molecule has 0 aromatic heterocycles. The molecule has 1 aliphatic rings. The van der Waals surface area contributed by atoms with Gasteiger partial charge in [-0.15, -0.1) is 0 Å². The third kappa shape index (κ3) is 3.03. The molecule has 4 heteroatoms. The lowest BCUT2D eigenvalue weighted by atomic mass is 10.0. The predicted octanol–water partition coefficient (Wildman–Crippen LogP) is 3.03. The van der Waals surface area contributed by atoms with Crippen LogP contribution in [0.15, 0.2) is 24.3 Å². The first-order valence-electron chi connectivity index (χ1n) is 6.25. The summed E-state index contributed by atoms with van der Waals surface area (Å²) in [4.78, 5) is 13.3. The van der Waals surface area contributed by atoms with E-state index >= 15 is 0 Å². The number of halogens is 1. The van der Waals surface area contributed by atoms with Gasteiger partial charge in [-0.05, 0) is 37.6 Å². The third-order valence-corrected chi connectivity index (χ3v) is 3.96. The Morgan fingerprint density at radius 2 is 2.06 bits per heavy atom. The number of benzene rings is 1. The Hall–Kier alpha value is -1.06. The Morgan fingerprint density at radius 1 is 1.39 bits per heavy atom. The predicted molar refractivity (Wildman–Crippen MR) is 71.7 cm³/mol. The summed E-state index contributed by atoms with van der Waals surface area (Å²) in [5.74, 6) is -0.886. The molecule has 98 valence electrons. The highest BCUT2D eigenvalue weighted by Gasteiger charge is 2.35. The molecule has 0 saturated heterocycles. The van der Waals surface area contributed by atoms with Gasteiger partial charge in [-0.25, -0.2) is 0 Å². The van der Waals surface area contributed by atoms with Crippen LogP contribution in [0, 0.1) is 5.92 Å². The lowest BCUT2D eigenvalue weighted by Crippen LogP contribution is -2.37. The summed E-state index contributed by atoms with van der Waals surface area (Å²) in [6, 6.07) is 7.87. The van der Waals surface area contributed by atoms with Crippen molar-refractivity contribution in [2.45, 2.75) is 31.8 Å². The highest BCUT2D eigenvalue weighted by atomic mass is 35.5. The van der Waals surface area contributed by atoms with Crippen LogP contribution < -0.4 is 0 Å². The normalized spacial score (nSPS) is 23.5. The number of carboxylic acid groups (broad SMARTS) is 1. The number of hydrogen-bond donors (Lipinski definition) is 1. The van der Waals surface area contributed by atoms with Gasteiger partial charge < -0.3 is 5.11 Å². The minimum atomic E-state index is -0.666. The van der Waals surface area contributed by atoms with E-state index in [2.05, 4.69) is 4.90 Å². The van der Waals surface area contributed by atoms with Gasteiger partial charge in [0, 0.05) is 17.6 Å². The topological polar surface area (TPSA) is 40.5 Å². The lowest BCUT2D eigenvalue weighted by Gasteiger charge is -2.27. The van der Waals surface area contributed by atoms with Crippen LogP contribution in [0.2, 0.25) is 5.02 Å². The van der Waals surface area contributed by atoms with E-state index in [1.807, 2.05) is 31.3 Å². The van der Waals surface area contributed by atoms with Crippen molar-refractivity contribution in [1.82, 2.24) is 4.90 Å². The molecule has 1 saturated carbocycles. The van der Waals surface area contributed by atoms with E-state index in [-0.39, 0.29) is 12.0 Å². The van der Waals surface area contributed by atoms with Crippen molar-refractivity contribution < 1.29 is 9.90 Å². The zero-order valence-electron chi connectivity index (χ0n) is 10.5. The minimum Gasteiger partial charge on any atom is -0.481 e. The number of aliphatic carboxylic acids is 1. The molecular weight excluding hydrogens is 250 g/mol. The van der Waals surface area contributed by atoms with Crippen LogP contribution in [0.3, 0.4) is 0 Å². The van der Waals surface area contributed by atoms with E-state index in [4.69, 9.17) is 11.6 Å². The van der Waals surface area contributed by atoms with E-state index in [0.717, 1.165) is 36.4 Å². The van der Waals surface area contributed by atoms with Crippen LogP contribution in [-0.2, 0) is 11.3 Å². The Morgan fingerprint density at radius 3 is 2.67 bits per heavy atom. The van der Waals surface area contributed by atoms with Crippen molar-refractivity contribution in [3.8, 4) is 0 Å². The second-order valence-electron chi connectivity index (χ2n) is 4.98. The summed E-state index contributed by atoms with van der Waals surface area (Å²) in [6.45, 7) is 0.769. The number of nitrogens with zero attached hydrogens (tertiary/aromatic N) is 1. The maximum atomic E-state index is 11.2. The van der Waals surface area contributed by atoms with Gasteiger partial charge >= 0.3 is 5.97 Å². The number of carbonyl (C=O) groups is 1. The Labute approximate surface area is 112 Å². The summed E-state index contributed by atoms with van der Waals surface area (Å²) in [5, 5.41) is 9.92. The molecule has 0 spiro atoms. The molecule has 2 unspecified atom stereocenters. The lowest BCUT2D eigenvalue weighted by molar-refractivity contribution is -0.143. The SMILES string of the molecule is CN(Cc1ccc(Cl)cc1)C1CCCC1C(=O)O. The fraction of sp³-hybridized carbons (Fsp3) is 0.500. The maximum Gasteiger partial charge on any atom is 0.308 e. The second kappa shape index (κ2) is 5.72. The van der Waals surface area contributed by atoms with Crippen LogP contribution in [0.1, 0.15) is 24.8 Å². The molecule has 3 nitrogen and oxygen atoms in total. The van der Waals surface area contributed by atoms with Crippen LogP contribution in [0.4, 0.5) is 0 Å². The molecule has 1 aromatic rings. The van der Waals surface area contributed by atoms with Gasteiger partial charge in [-0.2, -0.15) is 0 Å². The van der Waals surface area contributed by atoms with Gasteiger partial charge in [-0.1, -0.05) is 30.2 Å². The molecule has 2 rings (SSSR count). The Kier molecular flexibility index (Phi) is 4.25. The van der Waals surface area contributed by atoms with Crippen LogP contribution in [0.5, 0.6) is 0 Å². The van der Waals surface area contributed by atoms with Crippen molar-refractivity contribution in [3.05, 3.63) is 34.9 Å². The molecule has 1 aromatic carbocycles. The molecule has 18 heavy (non-hydrogen) atoms. The fourth-order valence-corrected chi connectivity index (χ4v) is 2.88. The van der Waals surface area contributed by atoms with E-state index in [9.17, 15) is 9.90 Å². The Balaban J connectivity index is 2.01. The Bertz CT molecular complexity index is 418. The van der Waals surface area contributed by atoms with Crippen molar-refractivity contribution in [3.63, 3.8) is 0 Å². The van der Waals surface area contributed by atoms with Crippen molar-refractivity contribution in [1.29, 1.82) is 0 Å². The van der Waals surface area contributed by atoms with Gasteiger partial charge in [0.2, 0.25) is 0 Å². The van der Waals surface area contributed by atoms with E-state index in [1.54, 1.807) is 0 Å². The monoisotopic (exact) mass is 267 g/mol. The molecule has 2 atom stereocenters. The standard InChI is InChI=1S/C14H18ClNO2/c1-16(9-10-5-7-11(15)8-6-10)13-4-2-3-12(13)14(17)18/h5-8,12-13H,2-4,9H2,1H3,(H,17,18). The molecule has 1 N–H and O–H groups in total. The average Bonchev–Trinajstić information content (AvgIpc) is 2.81. The van der Waals surface area contributed by atoms with Gasteiger partial charge in [0.15, 0.2) is 0 Å². The van der Waals surface area contributed by atoms with E-state index in [0.29, 0.717) is 0 Å². The van der Waals surface area contributed by atoms with Gasteiger partial charge in [0.1, 0.15) is 0 Å². The highest BCUT2D eigenvalue weighted by molar-refractivity contribution is 6.30. The molecule has 0 heterocycles. The van der Waals surface area contributed by atoms with E-state index < -0.39 is 5.97 Å². The maximum absolute atomic E-state index is 11.2. The number of hydrogen-bond acceptors (Lipinski definition) is 2. The highest BCUT2D eigenvalue weighted by Crippen LogP contribution is 2.30. The van der Waals surface area contributed by atoms with Crippen molar-refractivity contribution in [2.24, 2.45) is 5.92 Å². The molecular formula is C14H18ClNO2. The van der Waals surface area contributed by atoms with E-state index in [1.165, 1.54) is 0 Å². The summed E-state index contributed by atoms with van der Waals surface area (Å²) in [5.41, 5.74) is 1.16. The zero-order chi connectivity index (χ0) is 13.1. The molecule has 1 fully saturated rings. The molecule has 0 amide bonds. The summed E-state index contributed by atoms with van der Waals surface area (Å²) >= 11 is 5.85. The van der Waals surface area contributed by atoms with Gasteiger partial charge in [0.25, 0.3) is 0 Å². The molecule has 1 aliphatic carbocycles. The summed E-state index contributed by atoms with van der Waals surface area (Å²) in [6.07, 6.45) is 2.78. The van der Waals surface area contributed by atoms with Crippen molar-refractivity contribution >= 4 is 17.6 Å². The van der Waals surface area contributed by atoms with Crippen molar-refractivity contribution in [2.75, 3.05) is 7.05 Å². The summed E-state index contributed by atoms with van der Waals surface area (Å²) < 4.78 is 0. The molecule has 0 radical (unpaired) electrons. The second-order valence-corrected chi connectivity index (χ2v) is 5.42. The fourth-order valence-electron chi connectivity index (χ4n) is 2.75. The molecule has 0 bridgehead atoms. The first kappa shape index (κ1) is 13.4. The zero-order valence-corrected chi connectivity index (χ0v) is 11.2. The van der Waals surface area contributed by atoms with Gasteiger partial charge in [0.05, 0.1) is 5.92 Å². The van der Waals surface area contributed by atoms with Crippen LogP contribution in [0.25, 0.3) is 0 Å². The summed E-state index contributed by atoms with van der Waals surface area (Å²) in [7, 11) is 2.00.